The van der Waals surface area contributed by atoms with Crippen molar-refractivity contribution in [2.75, 3.05) is 0 Å². The van der Waals surface area contributed by atoms with Crippen molar-refractivity contribution in [1.82, 2.24) is 10.6 Å². The van der Waals surface area contributed by atoms with Crippen LogP contribution in [0.5, 0.6) is 0 Å². The molecule has 0 aliphatic heterocycles. The fourth-order valence-electron chi connectivity index (χ4n) is 2.36. The zero-order chi connectivity index (χ0) is 21.0. The summed E-state index contributed by atoms with van der Waals surface area (Å²) in [6.45, 7) is 4.86. The van der Waals surface area contributed by atoms with Crippen LogP contribution >= 0.6 is 11.6 Å². The lowest BCUT2D eigenvalue weighted by atomic mass is 10.0. The van der Waals surface area contributed by atoms with E-state index in [1.165, 1.54) is 19.1 Å². The Morgan fingerprint density at radius 3 is 2.43 bits per heavy atom. The normalized spacial score (nSPS) is 15.5. The number of nitro groups is 1. The quantitative estimate of drug-likeness (QED) is 0.383. The molecule has 1 aromatic rings. The number of rotatable bonds is 8. The van der Waals surface area contributed by atoms with E-state index in [9.17, 15) is 24.5 Å². The van der Waals surface area contributed by atoms with Crippen LogP contribution in [0.15, 0.2) is 18.2 Å². The van der Waals surface area contributed by atoms with Crippen LogP contribution in [-0.4, -0.2) is 40.9 Å². The molecule has 2 amide bonds. The summed E-state index contributed by atoms with van der Waals surface area (Å²) in [7, 11) is 0. The number of benzene rings is 1. The molecule has 1 fully saturated rings. The summed E-state index contributed by atoms with van der Waals surface area (Å²) in [5.41, 5.74) is -0.433. The molecule has 152 valence electrons. The van der Waals surface area contributed by atoms with Gasteiger partial charge in [0.2, 0.25) is 0 Å². The first kappa shape index (κ1) is 21.6. The molecule has 0 saturated heterocycles. The van der Waals surface area contributed by atoms with Gasteiger partial charge >= 0.3 is 5.97 Å². The standard InChI is InChI=1S/C18H22ClN3O6/c1-9(2)15(18(25)28-10(3)16(23)20-12-5-6-12)21-17(24)11-4-7-13(19)14(8-11)22(26)27/h4,7-10,12,15H,5-6H2,1-3H3,(H,20,23)(H,21,24)/t10-,15+/m0/s1. The first-order valence-electron chi connectivity index (χ1n) is 8.85. The van der Waals surface area contributed by atoms with Crippen molar-refractivity contribution in [3.05, 3.63) is 38.9 Å². The molecular formula is C18H22ClN3O6. The number of hydrogen-bond donors (Lipinski definition) is 2. The van der Waals surface area contributed by atoms with Crippen LogP contribution in [0.2, 0.25) is 5.02 Å². The molecule has 28 heavy (non-hydrogen) atoms. The summed E-state index contributed by atoms with van der Waals surface area (Å²) in [5, 5.41) is 16.1. The van der Waals surface area contributed by atoms with Crippen LogP contribution in [0, 0.1) is 16.0 Å². The summed E-state index contributed by atoms with van der Waals surface area (Å²) >= 11 is 5.74. The molecule has 1 aromatic carbocycles. The van der Waals surface area contributed by atoms with E-state index in [1.54, 1.807) is 13.8 Å². The average Bonchev–Trinajstić information content (AvgIpc) is 3.42. The first-order valence-corrected chi connectivity index (χ1v) is 9.23. The Morgan fingerprint density at radius 1 is 1.25 bits per heavy atom. The van der Waals surface area contributed by atoms with Crippen LogP contribution in [-0.2, 0) is 14.3 Å². The van der Waals surface area contributed by atoms with Crippen LogP contribution in [0.25, 0.3) is 0 Å². The molecule has 2 rings (SSSR count). The number of nitrogens with zero attached hydrogens (tertiary/aromatic N) is 1. The molecule has 0 radical (unpaired) electrons. The molecule has 10 heteroatoms. The van der Waals surface area contributed by atoms with Gasteiger partial charge in [-0.25, -0.2) is 4.79 Å². The van der Waals surface area contributed by atoms with Gasteiger partial charge in [0.25, 0.3) is 17.5 Å². The van der Waals surface area contributed by atoms with Crippen molar-refractivity contribution in [1.29, 1.82) is 0 Å². The lowest BCUT2D eigenvalue weighted by Gasteiger charge is -2.23. The highest BCUT2D eigenvalue weighted by atomic mass is 35.5. The van der Waals surface area contributed by atoms with Crippen molar-refractivity contribution < 1.29 is 24.0 Å². The minimum atomic E-state index is -1.03. The van der Waals surface area contributed by atoms with Crippen molar-refractivity contribution in [2.45, 2.75) is 51.8 Å². The van der Waals surface area contributed by atoms with Crippen molar-refractivity contribution >= 4 is 35.1 Å². The monoisotopic (exact) mass is 411 g/mol. The number of carbonyl (C=O) groups is 3. The van der Waals surface area contributed by atoms with E-state index in [4.69, 9.17) is 16.3 Å². The predicted molar refractivity (Wildman–Crippen MR) is 101 cm³/mol. The Bertz CT molecular complexity index is 794. The molecule has 2 atom stereocenters. The summed E-state index contributed by atoms with van der Waals surface area (Å²) < 4.78 is 5.19. The second kappa shape index (κ2) is 9.01. The molecule has 9 nitrogen and oxygen atoms in total. The van der Waals surface area contributed by atoms with Crippen molar-refractivity contribution in [2.24, 2.45) is 5.92 Å². The fourth-order valence-corrected chi connectivity index (χ4v) is 2.55. The van der Waals surface area contributed by atoms with Gasteiger partial charge in [0.15, 0.2) is 6.10 Å². The van der Waals surface area contributed by atoms with Crippen LogP contribution in [0.3, 0.4) is 0 Å². The van der Waals surface area contributed by atoms with Gasteiger partial charge in [0, 0.05) is 17.7 Å². The molecular weight excluding hydrogens is 390 g/mol. The predicted octanol–water partition coefficient (Wildman–Crippen LogP) is 2.21. The summed E-state index contributed by atoms with van der Waals surface area (Å²) in [6.07, 6.45) is 0.817. The fraction of sp³-hybridized carbons (Fsp3) is 0.500. The van der Waals surface area contributed by atoms with E-state index in [0.29, 0.717) is 0 Å². The number of hydrogen-bond acceptors (Lipinski definition) is 6. The summed E-state index contributed by atoms with van der Waals surface area (Å²) in [6, 6.07) is 2.70. The SMILES string of the molecule is CC(C)[C@@H](NC(=O)c1ccc(Cl)c([N+](=O)[O-])c1)C(=O)O[C@@H](C)C(=O)NC1CC1. The molecule has 0 heterocycles. The van der Waals surface area contributed by atoms with Gasteiger partial charge in [0.1, 0.15) is 11.1 Å². The average molecular weight is 412 g/mol. The summed E-state index contributed by atoms with van der Waals surface area (Å²) in [5.74, 6) is -2.17. The maximum absolute atomic E-state index is 12.5. The Morgan fingerprint density at radius 2 is 1.89 bits per heavy atom. The van der Waals surface area contributed by atoms with E-state index in [2.05, 4.69) is 10.6 Å². The molecule has 1 aliphatic carbocycles. The third kappa shape index (κ3) is 5.66. The zero-order valence-electron chi connectivity index (χ0n) is 15.7. The van der Waals surface area contributed by atoms with Gasteiger partial charge in [-0.1, -0.05) is 25.4 Å². The molecule has 2 N–H and O–H groups in total. The Kier molecular flexibility index (Phi) is 6.95. The van der Waals surface area contributed by atoms with Gasteiger partial charge in [-0.3, -0.25) is 19.7 Å². The minimum Gasteiger partial charge on any atom is -0.451 e. The first-order chi connectivity index (χ1) is 13.1. The van der Waals surface area contributed by atoms with Crippen LogP contribution < -0.4 is 10.6 Å². The molecule has 0 aromatic heterocycles. The molecule has 0 spiro atoms. The van der Waals surface area contributed by atoms with Crippen molar-refractivity contribution in [3.63, 3.8) is 0 Å². The third-order valence-corrected chi connectivity index (χ3v) is 4.52. The third-order valence-electron chi connectivity index (χ3n) is 4.20. The van der Waals surface area contributed by atoms with Gasteiger partial charge in [-0.05, 0) is 37.8 Å². The number of ether oxygens (including phenoxy) is 1. The highest BCUT2D eigenvalue weighted by Gasteiger charge is 2.31. The second-order valence-electron chi connectivity index (χ2n) is 6.98. The second-order valence-corrected chi connectivity index (χ2v) is 7.39. The van der Waals surface area contributed by atoms with E-state index in [0.717, 1.165) is 18.9 Å². The Balaban J connectivity index is 2.05. The maximum Gasteiger partial charge on any atom is 0.329 e. The van der Waals surface area contributed by atoms with Crippen LogP contribution in [0.1, 0.15) is 44.0 Å². The minimum absolute atomic E-state index is 0.0194. The maximum atomic E-state index is 12.5. The highest BCUT2D eigenvalue weighted by Crippen LogP contribution is 2.25. The number of halogens is 1. The summed E-state index contributed by atoms with van der Waals surface area (Å²) in [4.78, 5) is 47.1. The number of nitro benzene ring substituents is 1. The van der Waals surface area contributed by atoms with E-state index < -0.39 is 40.5 Å². The van der Waals surface area contributed by atoms with Gasteiger partial charge < -0.3 is 15.4 Å². The number of carbonyl (C=O) groups excluding carboxylic acids is 3. The van der Waals surface area contributed by atoms with E-state index in [1.807, 2.05) is 0 Å². The van der Waals surface area contributed by atoms with Gasteiger partial charge in [-0.2, -0.15) is 0 Å². The Hall–Kier alpha value is -2.68. The van der Waals surface area contributed by atoms with E-state index >= 15 is 0 Å². The molecule has 0 bridgehead atoms. The van der Waals surface area contributed by atoms with E-state index in [-0.39, 0.29) is 22.5 Å². The number of amides is 2. The number of nitrogens with one attached hydrogen (secondary N) is 2. The van der Waals surface area contributed by atoms with Gasteiger partial charge in [0.05, 0.1) is 4.92 Å². The smallest absolute Gasteiger partial charge is 0.329 e. The highest BCUT2D eigenvalue weighted by molar-refractivity contribution is 6.32. The van der Waals surface area contributed by atoms with Crippen LogP contribution in [0.4, 0.5) is 5.69 Å². The Labute approximate surface area is 166 Å². The van der Waals surface area contributed by atoms with Crippen molar-refractivity contribution in [3.8, 4) is 0 Å². The zero-order valence-corrected chi connectivity index (χ0v) is 16.5. The van der Waals surface area contributed by atoms with Gasteiger partial charge in [-0.15, -0.1) is 0 Å². The lowest BCUT2D eigenvalue weighted by Crippen LogP contribution is -2.47. The topological polar surface area (TPSA) is 128 Å². The molecule has 1 aliphatic rings. The number of esters is 1. The molecule has 0 unspecified atom stereocenters. The lowest BCUT2D eigenvalue weighted by molar-refractivity contribution is -0.384. The largest absolute Gasteiger partial charge is 0.451 e. The molecule has 1 saturated carbocycles.